The first-order chi connectivity index (χ1) is 9.11. The van der Waals surface area contributed by atoms with Crippen molar-refractivity contribution in [1.29, 1.82) is 0 Å². The summed E-state index contributed by atoms with van der Waals surface area (Å²) in [6.07, 6.45) is 3.70. The van der Waals surface area contributed by atoms with Crippen LogP contribution in [0.25, 0.3) is 0 Å². The molecule has 5 heteroatoms. The van der Waals surface area contributed by atoms with E-state index in [1.54, 1.807) is 6.07 Å². The Labute approximate surface area is 130 Å². The van der Waals surface area contributed by atoms with Crippen molar-refractivity contribution in [2.75, 3.05) is 13.1 Å². The van der Waals surface area contributed by atoms with Crippen molar-refractivity contribution >= 4 is 24.0 Å². The standard InChI is InChI=1S/C15H20ClFN2.ClH/c16-12-4-10(5-13(17)6-12)7-19-8-11-2-1-3-15(18)14(11)9-19;/h4-6,11,14-15H,1-3,7-9,18H2;1H. The van der Waals surface area contributed by atoms with Crippen LogP contribution in [0.15, 0.2) is 18.2 Å². The lowest BCUT2D eigenvalue weighted by Crippen LogP contribution is -2.38. The van der Waals surface area contributed by atoms with E-state index < -0.39 is 0 Å². The van der Waals surface area contributed by atoms with Crippen LogP contribution in [0.3, 0.4) is 0 Å². The normalized spacial score (nSPS) is 29.9. The van der Waals surface area contributed by atoms with Gasteiger partial charge < -0.3 is 5.73 Å². The van der Waals surface area contributed by atoms with Crippen molar-refractivity contribution in [3.8, 4) is 0 Å². The van der Waals surface area contributed by atoms with E-state index in [-0.39, 0.29) is 18.2 Å². The van der Waals surface area contributed by atoms with E-state index in [1.165, 1.54) is 18.9 Å². The number of hydrogen-bond acceptors (Lipinski definition) is 2. The molecule has 0 amide bonds. The molecule has 1 saturated heterocycles. The molecule has 3 atom stereocenters. The zero-order chi connectivity index (χ0) is 13.4. The predicted octanol–water partition coefficient (Wildman–Crippen LogP) is 3.46. The van der Waals surface area contributed by atoms with Crippen LogP contribution < -0.4 is 5.73 Å². The molecular weight excluding hydrogens is 298 g/mol. The average Bonchev–Trinajstić information content (AvgIpc) is 2.71. The van der Waals surface area contributed by atoms with E-state index in [0.29, 0.717) is 17.0 Å². The summed E-state index contributed by atoms with van der Waals surface area (Å²) in [7, 11) is 0. The number of benzene rings is 1. The summed E-state index contributed by atoms with van der Waals surface area (Å²) in [5.74, 6) is 1.10. The number of fused-ring (bicyclic) bond motifs is 1. The Morgan fingerprint density at radius 3 is 2.75 bits per heavy atom. The van der Waals surface area contributed by atoms with Crippen molar-refractivity contribution in [3.63, 3.8) is 0 Å². The summed E-state index contributed by atoms with van der Waals surface area (Å²) in [6, 6.07) is 5.13. The molecule has 20 heavy (non-hydrogen) atoms. The highest BCUT2D eigenvalue weighted by Crippen LogP contribution is 2.36. The van der Waals surface area contributed by atoms with Gasteiger partial charge in [-0.25, -0.2) is 4.39 Å². The third-order valence-corrected chi connectivity index (χ3v) is 4.78. The van der Waals surface area contributed by atoms with Crippen molar-refractivity contribution < 1.29 is 4.39 Å². The second-order valence-corrected chi connectivity index (χ2v) is 6.43. The Morgan fingerprint density at radius 2 is 2.05 bits per heavy atom. The summed E-state index contributed by atoms with van der Waals surface area (Å²) in [5.41, 5.74) is 7.17. The van der Waals surface area contributed by atoms with Gasteiger partial charge in [-0.05, 0) is 48.4 Å². The molecule has 1 aliphatic heterocycles. The lowest BCUT2D eigenvalue weighted by atomic mass is 9.78. The monoisotopic (exact) mass is 318 g/mol. The van der Waals surface area contributed by atoms with Crippen molar-refractivity contribution in [2.45, 2.75) is 31.8 Å². The first-order valence-corrected chi connectivity index (χ1v) is 7.42. The molecule has 0 bridgehead atoms. The van der Waals surface area contributed by atoms with Gasteiger partial charge in [0.05, 0.1) is 0 Å². The molecule has 1 aliphatic carbocycles. The lowest BCUT2D eigenvalue weighted by Gasteiger charge is -2.29. The molecule has 0 spiro atoms. The molecule has 2 aliphatic rings. The van der Waals surface area contributed by atoms with E-state index in [9.17, 15) is 4.39 Å². The van der Waals surface area contributed by atoms with Crippen molar-refractivity contribution in [2.24, 2.45) is 17.6 Å². The summed E-state index contributed by atoms with van der Waals surface area (Å²) < 4.78 is 13.3. The fourth-order valence-corrected chi connectivity index (χ4v) is 3.94. The molecule has 2 nitrogen and oxygen atoms in total. The highest BCUT2D eigenvalue weighted by Gasteiger charge is 2.38. The SMILES string of the molecule is Cl.NC1CCCC2CN(Cc3cc(F)cc(Cl)c3)CC12. The molecule has 1 saturated carbocycles. The highest BCUT2D eigenvalue weighted by molar-refractivity contribution is 6.30. The first-order valence-electron chi connectivity index (χ1n) is 7.05. The van der Waals surface area contributed by atoms with Crippen LogP contribution in [0.2, 0.25) is 5.02 Å². The van der Waals surface area contributed by atoms with Gasteiger partial charge >= 0.3 is 0 Å². The van der Waals surface area contributed by atoms with Crippen molar-refractivity contribution in [1.82, 2.24) is 4.90 Å². The van der Waals surface area contributed by atoms with Gasteiger partial charge in [0.25, 0.3) is 0 Å². The summed E-state index contributed by atoms with van der Waals surface area (Å²) >= 11 is 5.90. The zero-order valence-corrected chi connectivity index (χ0v) is 13.0. The van der Waals surface area contributed by atoms with Gasteiger partial charge in [0.1, 0.15) is 5.82 Å². The van der Waals surface area contributed by atoms with Gasteiger partial charge in [0.15, 0.2) is 0 Å². The maximum atomic E-state index is 13.3. The Kier molecular flexibility index (Phi) is 5.30. The van der Waals surface area contributed by atoms with Gasteiger partial charge in [-0.2, -0.15) is 0 Å². The first kappa shape index (κ1) is 16.0. The molecule has 1 heterocycles. The lowest BCUT2D eigenvalue weighted by molar-refractivity contribution is 0.259. The summed E-state index contributed by atoms with van der Waals surface area (Å²) in [4.78, 5) is 2.39. The maximum Gasteiger partial charge on any atom is 0.125 e. The second kappa shape index (κ2) is 6.61. The summed E-state index contributed by atoms with van der Waals surface area (Å²) in [6.45, 7) is 2.91. The van der Waals surface area contributed by atoms with Crippen LogP contribution in [0.5, 0.6) is 0 Å². The van der Waals surface area contributed by atoms with Gasteiger partial charge in [-0.15, -0.1) is 12.4 Å². The quantitative estimate of drug-likeness (QED) is 0.904. The van der Waals surface area contributed by atoms with Crippen LogP contribution in [-0.4, -0.2) is 24.0 Å². The minimum atomic E-state index is -0.254. The minimum Gasteiger partial charge on any atom is -0.327 e. The number of likely N-dealkylation sites (tertiary alicyclic amines) is 1. The fraction of sp³-hybridized carbons (Fsp3) is 0.600. The van der Waals surface area contributed by atoms with Gasteiger partial charge in [0, 0.05) is 30.7 Å². The molecule has 3 unspecified atom stereocenters. The molecule has 112 valence electrons. The zero-order valence-electron chi connectivity index (χ0n) is 11.4. The molecule has 0 aromatic heterocycles. The Bertz CT molecular complexity index is 449. The summed E-state index contributed by atoms with van der Waals surface area (Å²) in [5, 5.41) is 0.475. The molecule has 2 N–H and O–H groups in total. The topological polar surface area (TPSA) is 29.3 Å². The largest absolute Gasteiger partial charge is 0.327 e. The number of rotatable bonds is 2. The molecule has 0 radical (unpaired) electrons. The third kappa shape index (κ3) is 3.45. The van der Waals surface area contributed by atoms with E-state index in [0.717, 1.165) is 37.5 Å². The molecule has 2 fully saturated rings. The number of nitrogens with two attached hydrogens (primary N) is 1. The van der Waals surface area contributed by atoms with E-state index in [4.69, 9.17) is 17.3 Å². The third-order valence-electron chi connectivity index (χ3n) is 4.56. The smallest absolute Gasteiger partial charge is 0.125 e. The van der Waals surface area contributed by atoms with Crippen LogP contribution in [-0.2, 0) is 6.54 Å². The van der Waals surface area contributed by atoms with Gasteiger partial charge in [-0.3, -0.25) is 4.90 Å². The molecule has 1 aromatic rings. The average molecular weight is 319 g/mol. The van der Waals surface area contributed by atoms with Gasteiger partial charge in [0.2, 0.25) is 0 Å². The molecular formula is C15H21Cl2FN2. The number of halogens is 3. The second-order valence-electron chi connectivity index (χ2n) is 5.99. The van der Waals surface area contributed by atoms with Crippen molar-refractivity contribution in [3.05, 3.63) is 34.6 Å². The van der Waals surface area contributed by atoms with Crippen LogP contribution in [0.4, 0.5) is 4.39 Å². The minimum absolute atomic E-state index is 0. The maximum absolute atomic E-state index is 13.3. The van der Waals surface area contributed by atoms with Crippen LogP contribution >= 0.6 is 24.0 Å². The van der Waals surface area contributed by atoms with E-state index in [2.05, 4.69) is 4.90 Å². The van der Waals surface area contributed by atoms with Gasteiger partial charge in [-0.1, -0.05) is 18.0 Å². The van der Waals surface area contributed by atoms with Crippen LogP contribution in [0, 0.1) is 17.7 Å². The molecule has 3 rings (SSSR count). The fourth-order valence-electron chi connectivity index (χ4n) is 3.70. The predicted molar refractivity (Wildman–Crippen MR) is 82.7 cm³/mol. The Morgan fingerprint density at radius 1 is 1.25 bits per heavy atom. The van der Waals surface area contributed by atoms with E-state index >= 15 is 0 Å². The Balaban J connectivity index is 0.00000147. The number of nitrogens with zero attached hydrogens (tertiary/aromatic N) is 1. The van der Waals surface area contributed by atoms with E-state index in [1.807, 2.05) is 6.07 Å². The Hall–Kier alpha value is -0.350. The number of hydrogen-bond donors (Lipinski definition) is 1. The van der Waals surface area contributed by atoms with Crippen LogP contribution in [0.1, 0.15) is 24.8 Å². The highest BCUT2D eigenvalue weighted by atomic mass is 35.5. The molecule has 1 aromatic carbocycles.